The summed E-state index contributed by atoms with van der Waals surface area (Å²) in [4.78, 5) is 23.1. The van der Waals surface area contributed by atoms with Gasteiger partial charge in [0.1, 0.15) is 6.10 Å². The first-order valence-corrected chi connectivity index (χ1v) is 17.2. The second kappa shape index (κ2) is 31.2. The van der Waals surface area contributed by atoms with Crippen molar-refractivity contribution in [2.24, 2.45) is 0 Å². The fourth-order valence-electron chi connectivity index (χ4n) is 5.18. The maximum absolute atomic E-state index is 12.5. The number of ether oxygens (including phenoxy) is 1. The Morgan fingerprint density at radius 3 is 1.41 bits per heavy atom. The maximum atomic E-state index is 12.5. The fourth-order valence-corrected chi connectivity index (χ4v) is 5.18. The standard InChI is InChI=1S/C35H66O4/c1-3-5-7-9-10-11-12-13-14-15-16-21-24-28-32-35(38)39-33(29-25-8-6-4-2)30-26-22-19-17-18-20-23-27-31-34(36)37/h11-12,33H,3-10,13-32H2,1-2H3,(H,36,37)/b12-11-. The van der Waals surface area contributed by atoms with E-state index in [1.807, 2.05) is 0 Å². The molecule has 4 heteroatoms. The Bertz CT molecular complexity index is 557. The lowest BCUT2D eigenvalue weighted by Crippen LogP contribution is -2.18. The number of hydrogen-bond donors (Lipinski definition) is 1. The number of allylic oxidation sites excluding steroid dienone is 2. The van der Waals surface area contributed by atoms with Gasteiger partial charge in [-0.1, -0.05) is 129 Å². The van der Waals surface area contributed by atoms with Gasteiger partial charge in [0.2, 0.25) is 0 Å². The third-order valence-electron chi connectivity index (χ3n) is 7.74. The average Bonchev–Trinajstić information content (AvgIpc) is 2.91. The Morgan fingerprint density at radius 2 is 0.923 bits per heavy atom. The van der Waals surface area contributed by atoms with Gasteiger partial charge in [0.25, 0.3) is 0 Å². The van der Waals surface area contributed by atoms with Crippen LogP contribution >= 0.6 is 0 Å². The molecule has 1 unspecified atom stereocenters. The fraction of sp³-hybridized carbons (Fsp3) is 0.886. The number of esters is 1. The van der Waals surface area contributed by atoms with E-state index < -0.39 is 5.97 Å². The number of carboxylic acid groups (broad SMARTS) is 1. The lowest BCUT2D eigenvalue weighted by Gasteiger charge is -2.18. The number of carbonyl (C=O) groups is 2. The minimum Gasteiger partial charge on any atom is -0.481 e. The topological polar surface area (TPSA) is 63.6 Å². The van der Waals surface area contributed by atoms with E-state index in [-0.39, 0.29) is 12.1 Å². The summed E-state index contributed by atoms with van der Waals surface area (Å²) in [6.45, 7) is 4.50. The number of carbonyl (C=O) groups excluding carboxylic acids is 1. The summed E-state index contributed by atoms with van der Waals surface area (Å²) in [6, 6.07) is 0. The predicted molar refractivity (Wildman–Crippen MR) is 167 cm³/mol. The van der Waals surface area contributed by atoms with Crippen LogP contribution in [0, 0.1) is 0 Å². The van der Waals surface area contributed by atoms with E-state index in [1.54, 1.807) is 0 Å². The van der Waals surface area contributed by atoms with E-state index in [2.05, 4.69) is 26.0 Å². The summed E-state index contributed by atoms with van der Waals surface area (Å²) in [7, 11) is 0. The van der Waals surface area contributed by atoms with Crippen LogP contribution in [0.25, 0.3) is 0 Å². The molecule has 0 saturated heterocycles. The van der Waals surface area contributed by atoms with E-state index in [0.29, 0.717) is 12.8 Å². The van der Waals surface area contributed by atoms with Gasteiger partial charge in [-0.2, -0.15) is 0 Å². The average molecular weight is 551 g/mol. The molecule has 0 fully saturated rings. The summed E-state index contributed by atoms with van der Waals surface area (Å²) in [5, 5.41) is 8.69. The lowest BCUT2D eigenvalue weighted by atomic mass is 10.0. The zero-order chi connectivity index (χ0) is 28.7. The van der Waals surface area contributed by atoms with Crippen molar-refractivity contribution in [2.75, 3.05) is 0 Å². The Balaban J connectivity index is 3.84. The highest BCUT2D eigenvalue weighted by atomic mass is 16.5. The second-order valence-electron chi connectivity index (χ2n) is 11.7. The molecule has 0 aliphatic heterocycles. The number of carboxylic acids is 1. The van der Waals surface area contributed by atoms with Gasteiger partial charge in [-0.25, -0.2) is 0 Å². The van der Waals surface area contributed by atoms with Gasteiger partial charge in [0, 0.05) is 12.8 Å². The van der Waals surface area contributed by atoms with E-state index in [9.17, 15) is 9.59 Å². The monoisotopic (exact) mass is 550 g/mol. The first kappa shape index (κ1) is 37.7. The molecule has 0 aromatic rings. The van der Waals surface area contributed by atoms with E-state index >= 15 is 0 Å². The molecule has 0 spiro atoms. The smallest absolute Gasteiger partial charge is 0.306 e. The quantitative estimate of drug-likeness (QED) is 0.0529. The SMILES string of the molecule is CCCCCC/C=C\CCCCCCCCC(=O)OC(CCCCCC)CCCCCCCCCCC(=O)O. The summed E-state index contributed by atoms with van der Waals surface area (Å²) >= 11 is 0. The molecule has 1 atom stereocenters. The molecule has 0 amide bonds. The van der Waals surface area contributed by atoms with E-state index in [4.69, 9.17) is 9.84 Å². The van der Waals surface area contributed by atoms with Crippen molar-refractivity contribution in [2.45, 2.75) is 200 Å². The second-order valence-corrected chi connectivity index (χ2v) is 11.7. The maximum Gasteiger partial charge on any atom is 0.306 e. The molecule has 0 aliphatic carbocycles. The van der Waals surface area contributed by atoms with Crippen LogP contribution in [-0.4, -0.2) is 23.1 Å². The van der Waals surface area contributed by atoms with Gasteiger partial charge in [-0.05, 0) is 64.2 Å². The van der Waals surface area contributed by atoms with Crippen LogP contribution in [0.3, 0.4) is 0 Å². The van der Waals surface area contributed by atoms with Gasteiger partial charge in [-0.3, -0.25) is 9.59 Å². The Hall–Kier alpha value is -1.32. The van der Waals surface area contributed by atoms with Crippen molar-refractivity contribution in [3.05, 3.63) is 12.2 Å². The largest absolute Gasteiger partial charge is 0.481 e. The number of aliphatic carboxylic acids is 1. The highest BCUT2D eigenvalue weighted by Gasteiger charge is 2.14. The van der Waals surface area contributed by atoms with Crippen molar-refractivity contribution in [1.29, 1.82) is 0 Å². The normalized spacial score (nSPS) is 12.3. The van der Waals surface area contributed by atoms with Gasteiger partial charge >= 0.3 is 11.9 Å². The molecule has 0 radical (unpaired) electrons. The van der Waals surface area contributed by atoms with Gasteiger partial charge in [0.05, 0.1) is 0 Å². The Kier molecular flexibility index (Phi) is 30.2. The number of hydrogen-bond acceptors (Lipinski definition) is 3. The van der Waals surface area contributed by atoms with E-state index in [1.165, 1.54) is 109 Å². The van der Waals surface area contributed by atoms with Gasteiger partial charge in [0.15, 0.2) is 0 Å². The molecule has 0 heterocycles. The summed E-state index contributed by atoms with van der Waals surface area (Å²) in [5.41, 5.74) is 0. The third-order valence-corrected chi connectivity index (χ3v) is 7.74. The van der Waals surface area contributed by atoms with Crippen molar-refractivity contribution in [3.63, 3.8) is 0 Å². The number of rotatable bonds is 31. The van der Waals surface area contributed by atoms with Crippen molar-refractivity contribution < 1.29 is 19.4 Å². The molecule has 4 nitrogen and oxygen atoms in total. The summed E-state index contributed by atoms with van der Waals surface area (Å²) in [6.07, 6.45) is 36.7. The third kappa shape index (κ3) is 31.1. The summed E-state index contributed by atoms with van der Waals surface area (Å²) in [5.74, 6) is -0.668. The zero-order valence-corrected chi connectivity index (χ0v) is 26.2. The molecule has 0 bridgehead atoms. The first-order valence-electron chi connectivity index (χ1n) is 17.2. The van der Waals surface area contributed by atoms with Crippen LogP contribution < -0.4 is 0 Å². The van der Waals surface area contributed by atoms with Crippen LogP contribution in [-0.2, 0) is 14.3 Å². The molecular formula is C35H66O4. The van der Waals surface area contributed by atoms with E-state index in [0.717, 1.165) is 57.8 Å². The Morgan fingerprint density at radius 1 is 0.538 bits per heavy atom. The molecule has 0 aliphatic rings. The molecular weight excluding hydrogens is 484 g/mol. The van der Waals surface area contributed by atoms with Gasteiger partial charge in [-0.15, -0.1) is 0 Å². The highest BCUT2D eigenvalue weighted by molar-refractivity contribution is 5.69. The predicted octanol–water partition coefficient (Wildman–Crippen LogP) is 11.5. The van der Waals surface area contributed by atoms with Crippen LogP contribution in [0.1, 0.15) is 194 Å². The minimum absolute atomic E-state index is 0.0147. The molecule has 0 aromatic carbocycles. The molecule has 39 heavy (non-hydrogen) atoms. The molecule has 0 aromatic heterocycles. The van der Waals surface area contributed by atoms with Crippen LogP contribution in [0.2, 0.25) is 0 Å². The molecule has 0 saturated carbocycles. The molecule has 0 rings (SSSR count). The minimum atomic E-state index is -0.683. The lowest BCUT2D eigenvalue weighted by molar-refractivity contribution is -0.150. The summed E-state index contributed by atoms with van der Waals surface area (Å²) < 4.78 is 5.94. The van der Waals surface area contributed by atoms with Crippen molar-refractivity contribution >= 4 is 11.9 Å². The van der Waals surface area contributed by atoms with Crippen molar-refractivity contribution in [3.8, 4) is 0 Å². The first-order chi connectivity index (χ1) is 19.1. The number of unbranched alkanes of at least 4 members (excludes halogenated alkanes) is 20. The zero-order valence-electron chi connectivity index (χ0n) is 26.2. The highest BCUT2D eigenvalue weighted by Crippen LogP contribution is 2.18. The molecule has 230 valence electrons. The Labute approximate surface area is 243 Å². The van der Waals surface area contributed by atoms with Gasteiger partial charge < -0.3 is 9.84 Å². The van der Waals surface area contributed by atoms with Crippen LogP contribution in [0.4, 0.5) is 0 Å². The van der Waals surface area contributed by atoms with Crippen LogP contribution in [0.5, 0.6) is 0 Å². The molecule has 1 N–H and O–H groups in total. The van der Waals surface area contributed by atoms with Crippen LogP contribution in [0.15, 0.2) is 12.2 Å². The van der Waals surface area contributed by atoms with Crippen molar-refractivity contribution in [1.82, 2.24) is 0 Å².